The van der Waals surface area contributed by atoms with Gasteiger partial charge < -0.3 is 14.8 Å². The molecule has 2 N–H and O–H groups in total. The van der Waals surface area contributed by atoms with Crippen molar-refractivity contribution in [3.63, 3.8) is 0 Å². The molecule has 2 saturated heterocycles. The third kappa shape index (κ3) is 5.74. The Kier molecular flexibility index (Phi) is 6.03. The highest BCUT2D eigenvalue weighted by Gasteiger charge is 2.20. The van der Waals surface area contributed by atoms with Crippen molar-refractivity contribution in [2.24, 2.45) is 0 Å². The number of sulfonamides is 1. The van der Waals surface area contributed by atoms with Gasteiger partial charge in [-0.25, -0.2) is 13.1 Å². The van der Waals surface area contributed by atoms with Crippen LogP contribution in [0.5, 0.6) is 0 Å². The molecule has 0 aromatic carbocycles. The van der Waals surface area contributed by atoms with E-state index >= 15 is 0 Å². The van der Waals surface area contributed by atoms with Gasteiger partial charge in [0.15, 0.2) is 0 Å². The monoisotopic (exact) mass is 292 g/mol. The fourth-order valence-electron chi connectivity index (χ4n) is 2.41. The van der Waals surface area contributed by atoms with Gasteiger partial charge in [0.25, 0.3) is 0 Å². The molecule has 2 unspecified atom stereocenters. The predicted molar refractivity (Wildman–Crippen MR) is 72.6 cm³/mol. The van der Waals surface area contributed by atoms with E-state index in [0.717, 1.165) is 13.0 Å². The number of hydrogen-bond acceptors (Lipinski definition) is 5. The summed E-state index contributed by atoms with van der Waals surface area (Å²) in [4.78, 5) is 0. The number of hydrogen-bond donors (Lipinski definition) is 2. The highest BCUT2D eigenvalue weighted by atomic mass is 32.2. The Morgan fingerprint density at radius 2 is 2.16 bits per heavy atom. The van der Waals surface area contributed by atoms with Gasteiger partial charge in [0.1, 0.15) is 0 Å². The van der Waals surface area contributed by atoms with Gasteiger partial charge in [-0.3, -0.25) is 0 Å². The second-order valence-corrected chi connectivity index (χ2v) is 7.10. The Hall–Kier alpha value is -0.210. The summed E-state index contributed by atoms with van der Waals surface area (Å²) < 4.78 is 37.0. The van der Waals surface area contributed by atoms with Crippen LogP contribution in [0.3, 0.4) is 0 Å². The molecule has 2 aliphatic heterocycles. The lowest BCUT2D eigenvalue weighted by atomic mass is 10.0. The SMILES string of the molecule is O=S(=O)(CCC1CCCCN1)NCC1COCCO1. The Bertz CT molecular complexity index is 321. The van der Waals surface area contributed by atoms with E-state index in [2.05, 4.69) is 10.0 Å². The van der Waals surface area contributed by atoms with Crippen LogP contribution in [0.2, 0.25) is 0 Å². The van der Waals surface area contributed by atoms with Crippen molar-refractivity contribution < 1.29 is 17.9 Å². The van der Waals surface area contributed by atoms with E-state index in [1.165, 1.54) is 12.8 Å². The minimum absolute atomic E-state index is 0.156. The van der Waals surface area contributed by atoms with Gasteiger partial charge >= 0.3 is 0 Å². The molecule has 0 bridgehead atoms. The molecule has 112 valence electrons. The lowest BCUT2D eigenvalue weighted by Crippen LogP contribution is -2.41. The molecule has 7 heteroatoms. The largest absolute Gasteiger partial charge is 0.376 e. The maximum Gasteiger partial charge on any atom is 0.211 e. The molecule has 0 spiro atoms. The summed E-state index contributed by atoms with van der Waals surface area (Å²) in [6.45, 7) is 2.91. The van der Waals surface area contributed by atoms with Crippen LogP contribution in [0.4, 0.5) is 0 Å². The van der Waals surface area contributed by atoms with E-state index in [4.69, 9.17) is 9.47 Å². The van der Waals surface area contributed by atoms with E-state index in [1.54, 1.807) is 0 Å². The van der Waals surface area contributed by atoms with Crippen LogP contribution in [0.15, 0.2) is 0 Å². The van der Waals surface area contributed by atoms with Crippen molar-refractivity contribution in [2.45, 2.75) is 37.8 Å². The van der Waals surface area contributed by atoms with Crippen molar-refractivity contribution >= 4 is 10.0 Å². The Balaban J connectivity index is 1.65. The average molecular weight is 292 g/mol. The first-order chi connectivity index (χ1) is 9.16. The highest BCUT2D eigenvalue weighted by Crippen LogP contribution is 2.10. The van der Waals surface area contributed by atoms with E-state index < -0.39 is 10.0 Å². The minimum atomic E-state index is -3.21. The van der Waals surface area contributed by atoms with Crippen LogP contribution in [0, 0.1) is 0 Å². The van der Waals surface area contributed by atoms with Crippen LogP contribution >= 0.6 is 0 Å². The van der Waals surface area contributed by atoms with Gasteiger partial charge in [0.2, 0.25) is 10.0 Å². The van der Waals surface area contributed by atoms with Crippen LogP contribution < -0.4 is 10.0 Å². The van der Waals surface area contributed by atoms with Gasteiger partial charge in [0.05, 0.1) is 31.7 Å². The van der Waals surface area contributed by atoms with Crippen molar-refractivity contribution in [3.8, 4) is 0 Å². The third-order valence-corrected chi connectivity index (χ3v) is 4.94. The zero-order chi connectivity index (χ0) is 13.6. The molecule has 2 heterocycles. The van der Waals surface area contributed by atoms with Gasteiger partial charge in [0, 0.05) is 12.6 Å². The van der Waals surface area contributed by atoms with E-state index in [0.29, 0.717) is 38.8 Å². The maximum atomic E-state index is 11.9. The van der Waals surface area contributed by atoms with Crippen molar-refractivity contribution in [1.29, 1.82) is 0 Å². The normalized spacial score (nSPS) is 29.3. The molecule has 0 amide bonds. The molecular formula is C12H24N2O4S. The summed E-state index contributed by atoms with van der Waals surface area (Å²) >= 11 is 0. The minimum Gasteiger partial charge on any atom is -0.376 e. The second kappa shape index (κ2) is 7.54. The first-order valence-electron chi connectivity index (χ1n) is 7.06. The standard InChI is InChI=1S/C12H24N2O4S/c15-19(16,8-4-11-3-1-2-5-13-11)14-9-12-10-17-6-7-18-12/h11-14H,1-10H2. The number of piperidine rings is 1. The van der Waals surface area contributed by atoms with E-state index in [-0.39, 0.29) is 11.9 Å². The fourth-order valence-corrected chi connectivity index (χ4v) is 3.59. The highest BCUT2D eigenvalue weighted by molar-refractivity contribution is 7.89. The van der Waals surface area contributed by atoms with E-state index in [9.17, 15) is 8.42 Å². The molecular weight excluding hydrogens is 268 g/mol. The smallest absolute Gasteiger partial charge is 0.211 e. The molecule has 0 aromatic heterocycles. The predicted octanol–water partition coefficient (Wildman–Crippen LogP) is -0.147. The molecule has 0 aliphatic carbocycles. The van der Waals surface area contributed by atoms with Gasteiger partial charge in [-0.2, -0.15) is 0 Å². The quantitative estimate of drug-likeness (QED) is 0.712. The molecule has 6 nitrogen and oxygen atoms in total. The first-order valence-corrected chi connectivity index (χ1v) is 8.71. The molecule has 0 radical (unpaired) electrons. The van der Waals surface area contributed by atoms with Gasteiger partial charge in [-0.1, -0.05) is 6.42 Å². The van der Waals surface area contributed by atoms with Gasteiger partial charge in [-0.05, 0) is 25.8 Å². The fraction of sp³-hybridized carbons (Fsp3) is 1.00. The molecule has 2 rings (SSSR count). The summed E-state index contributed by atoms with van der Waals surface area (Å²) in [5.74, 6) is 0.179. The van der Waals surface area contributed by atoms with Crippen LogP contribution in [-0.2, 0) is 19.5 Å². The molecule has 0 aromatic rings. The number of ether oxygens (including phenoxy) is 2. The summed E-state index contributed by atoms with van der Waals surface area (Å²) in [6.07, 6.45) is 3.99. The van der Waals surface area contributed by atoms with Gasteiger partial charge in [-0.15, -0.1) is 0 Å². The molecule has 19 heavy (non-hydrogen) atoms. The third-order valence-electron chi connectivity index (χ3n) is 3.56. The summed E-state index contributed by atoms with van der Waals surface area (Å²) in [7, 11) is -3.21. The van der Waals surface area contributed by atoms with Crippen molar-refractivity contribution in [2.75, 3.05) is 38.7 Å². The Morgan fingerprint density at radius 1 is 1.26 bits per heavy atom. The van der Waals surface area contributed by atoms with Crippen LogP contribution in [-0.4, -0.2) is 59.2 Å². The van der Waals surface area contributed by atoms with Crippen molar-refractivity contribution in [1.82, 2.24) is 10.0 Å². The molecule has 2 aliphatic rings. The molecule has 2 atom stereocenters. The lowest BCUT2D eigenvalue weighted by Gasteiger charge is -2.24. The zero-order valence-corrected chi connectivity index (χ0v) is 12.1. The topological polar surface area (TPSA) is 76.7 Å². The van der Waals surface area contributed by atoms with Crippen LogP contribution in [0.25, 0.3) is 0 Å². The summed E-state index contributed by atoms with van der Waals surface area (Å²) in [5, 5.41) is 3.36. The zero-order valence-electron chi connectivity index (χ0n) is 11.3. The Labute approximate surface area is 115 Å². The molecule has 2 fully saturated rings. The van der Waals surface area contributed by atoms with E-state index in [1.807, 2.05) is 0 Å². The summed E-state index contributed by atoms with van der Waals surface area (Å²) in [5.41, 5.74) is 0. The lowest BCUT2D eigenvalue weighted by molar-refractivity contribution is -0.0846. The number of rotatable bonds is 6. The molecule has 0 saturated carbocycles. The second-order valence-electron chi connectivity index (χ2n) is 5.17. The first kappa shape index (κ1) is 15.2. The number of nitrogens with one attached hydrogen (secondary N) is 2. The maximum absolute atomic E-state index is 11.9. The van der Waals surface area contributed by atoms with Crippen LogP contribution in [0.1, 0.15) is 25.7 Å². The Morgan fingerprint density at radius 3 is 2.84 bits per heavy atom. The average Bonchev–Trinajstić information content (AvgIpc) is 2.46. The summed E-state index contributed by atoms with van der Waals surface area (Å²) in [6, 6.07) is 0.347. The van der Waals surface area contributed by atoms with Crippen molar-refractivity contribution in [3.05, 3.63) is 0 Å².